The molecular weight excluding hydrogens is 214 g/mol. The lowest BCUT2D eigenvalue weighted by Crippen LogP contribution is -2.03. The molecule has 0 saturated heterocycles. The second kappa shape index (κ2) is 4.39. The molecule has 0 aliphatic carbocycles. The normalized spacial score (nSPS) is 11.9. The third-order valence-electron chi connectivity index (χ3n) is 1.64. The van der Waals surface area contributed by atoms with Gasteiger partial charge < -0.3 is 0 Å². The molecule has 0 aliphatic heterocycles. The van der Waals surface area contributed by atoms with Crippen LogP contribution in [0.15, 0.2) is 38.9 Å². The van der Waals surface area contributed by atoms with Crippen LogP contribution in [0.25, 0.3) is 0 Å². The molecule has 0 unspecified atom stereocenters. The Morgan fingerprint density at radius 3 is 2.13 bits per heavy atom. The highest BCUT2D eigenvalue weighted by Gasteiger charge is 2.12. The molecule has 6 heteroatoms. The minimum atomic E-state index is -3.66. The van der Waals surface area contributed by atoms with E-state index < -0.39 is 10.0 Å². The average molecular weight is 227 g/mol. The van der Waals surface area contributed by atoms with Gasteiger partial charge in [-0.15, -0.1) is 0 Å². The smallest absolute Gasteiger partial charge is 0.284 e. The Balaban J connectivity index is 3.02. The summed E-state index contributed by atoms with van der Waals surface area (Å²) in [6, 6.07) is 6.47. The maximum Gasteiger partial charge on any atom is 0.301 e. The van der Waals surface area contributed by atoms with Crippen LogP contribution in [-0.4, -0.2) is 27.5 Å². The molecule has 0 amide bonds. The molecule has 15 heavy (non-hydrogen) atoms. The van der Waals surface area contributed by atoms with E-state index in [0.29, 0.717) is 0 Å². The first-order valence-corrected chi connectivity index (χ1v) is 5.78. The van der Waals surface area contributed by atoms with Crippen LogP contribution < -0.4 is 0 Å². The van der Waals surface area contributed by atoms with Gasteiger partial charge in [0.05, 0.1) is 4.90 Å². The largest absolute Gasteiger partial charge is 0.301 e. The fourth-order valence-corrected chi connectivity index (χ4v) is 1.69. The summed E-state index contributed by atoms with van der Waals surface area (Å²) in [5.74, 6) is 0. The third kappa shape index (κ3) is 3.32. The molecule has 0 spiro atoms. The minimum Gasteiger partial charge on any atom is -0.284 e. The summed E-state index contributed by atoms with van der Waals surface area (Å²) >= 11 is 0. The van der Waals surface area contributed by atoms with Gasteiger partial charge in [-0.2, -0.15) is 8.42 Å². The summed E-state index contributed by atoms with van der Waals surface area (Å²) in [5, 5.41) is 4.79. The maximum atomic E-state index is 11.6. The predicted molar refractivity (Wildman–Crippen MR) is 56.9 cm³/mol. The van der Waals surface area contributed by atoms with E-state index in [1.54, 1.807) is 26.2 Å². The van der Waals surface area contributed by atoms with Crippen LogP contribution in [-0.2, 0) is 10.0 Å². The van der Waals surface area contributed by atoms with E-state index in [1.165, 1.54) is 17.1 Å². The molecule has 82 valence electrons. The van der Waals surface area contributed by atoms with Gasteiger partial charge >= 0.3 is 10.0 Å². The van der Waals surface area contributed by atoms with Gasteiger partial charge in [-0.3, -0.25) is 5.01 Å². The first-order valence-electron chi connectivity index (χ1n) is 4.34. The van der Waals surface area contributed by atoms with Gasteiger partial charge in [0.25, 0.3) is 0 Å². The second-order valence-corrected chi connectivity index (χ2v) is 4.89. The molecule has 1 aromatic rings. The van der Waals surface area contributed by atoms with Crippen LogP contribution in [0, 0.1) is 6.92 Å². The number of aryl methyl sites for hydroxylation is 1. The summed E-state index contributed by atoms with van der Waals surface area (Å²) in [6.07, 6.45) is 0. The van der Waals surface area contributed by atoms with Gasteiger partial charge in [-0.1, -0.05) is 22.9 Å². The number of nitrogens with zero attached hydrogens (tertiary/aromatic N) is 3. The van der Waals surface area contributed by atoms with E-state index in [9.17, 15) is 8.42 Å². The quantitative estimate of drug-likeness (QED) is 0.582. The second-order valence-electron chi connectivity index (χ2n) is 3.31. The van der Waals surface area contributed by atoms with Crippen molar-refractivity contribution in [3.05, 3.63) is 29.8 Å². The fourth-order valence-electron chi connectivity index (χ4n) is 0.878. The van der Waals surface area contributed by atoms with Gasteiger partial charge in [0.2, 0.25) is 0 Å². The van der Waals surface area contributed by atoms with Gasteiger partial charge in [-0.25, -0.2) is 0 Å². The van der Waals surface area contributed by atoms with Gasteiger partial charge in [0, 0.05) is 14.1 Å². The molecule has 0 aromatic heterocycles. The molecule has 0 bridgehead atoms. The highest BCUT2D eigenvalue weighted by Crippen LogP contribution is 2.13. The Hall–Kier alpha value is -1.43. The minimum absolute atomic E-state index is 0.152. The average Bonchev–Trinajstić information content (AvgIpc) is 2.16. The Bertz CT molecular complexity index is 449. The zero-order chi connectivity index (χ0) is 11.5. The van der Waals surface area contributed by atoms with Crippen molar-refractivity contribution in [3.63, 3.8) is 0 Å². The Morgan fingerprint density at radius 2 is 1.67 bits per heavy atom. The van der Waals surface area contributed by atoms with Crippen molar-refractivity contribution < 1.29 is 8.42 Å². The third-order valence-corrected chi connectivity index (χ3v) is 2.80. The van der Waals surface area contributed by atoms with E-state index in [4.69, 9.17) is 0 Å². The topological polar surface area (TPSA) is 62.1 Å². The van der Waals surface area contributed by atoms with Crippen LogP contribution in [0.3, 0.4) is 0 Å². The van der Waals surface area contributed by atoms with E-state index in [1.807, 2.05) is 6.92 Å². The Morgan fingerprint density at radius 1 is 1.13 bits per heavy atom. The molecule has 0 heterocycles. The fraction of sp³-hybridized carbons (Fsp3) is 0.333. The van der Waals surface area contributed by atoms with E-state index in [2.05, 4.69) is 9.74 Å². The first kappa shape index (κ1) is 11.6. The molecule has 0 radical (unpaired) electrons. The van der Waals surface area contributed by atoms with Crippen molar-refractivity contribution in [3.8, 4) is 0 Å². The lowest BCUT2D eigenvalue weighted by molar-refractivity contribution is 0.410. The summed E-state index contributed by atoms with van der Waals surface area (Å²) in [7, 11) is -0.445. The standard InChI is InChI=1S/C9H13N3O2S/c1-8-4-6-9(7-5-8)15(13,14)11-10-12(2)3/h4-7H,1-3H3/b11-10+. The molecule has 0 fully saturated rings. The number of benzene rings is 1. The molecule has 0 saturated carbocycles. The predicted octanol–water partition coefficient (Wildman–Crippen LogP) is 1.61. The van der Waals surface area contributed by atoms with Crippen molar-refractivity contribution in [1.82, 2.24) is 5.01 Å². The van der Waals surface area contributed by atoms with E-state index in [-0.39, 0.29) is 4.90 Å². The summed E-state index contributed by atoms with van der Waals surface area (Å²) < 4.78 is 26.4. The summed E-state index contributed by atoms with van der Waals surface area (Å²) in [6.45, 7) is 1.89. The maximum absolute atomic E-state index is 11.6. The van der Waals surface area contributed by atoms with Crippen molar-refractivity contribution in [2.75, 3.05) is 14.1 Å². The van der Waals surface area contributed by atoms with Crippen LogP contribution in [0.2, 0.25) is 0 Å². The summed E-state index contributed by atoms with van der Waals surface area (Å²) in [5.41, 5.74) is 0.999. The zero-order valence-corrected chi connectivity index (χ0v) is 9.69. The molecule has 0 atom stereocenters. The van der Waals surface area contributed by atoms with Gasteiger partial charge in [-0.05, 0) is 23.6 Å². The molecule has 1 rings (SSSR count). The lowest BCUT2D eigenvalue weighted by Gasteiger charge is -2.01. The van der Waals surface area contributed by atoms with Crippen molar-refractivity contribution in [2.45, 2.75) is 11.8 Å². The van der Waals surface area contributed by atoms with Gasteiger partial charge in [0.1, 0.15) is 0 Å². The van der Waals surface area contributed by atoms with Crippen molar-refractivity contribution in [1.29, 1.82) is 0 Å². The molecule has 1 aromatic carbocycles. The van der Waals surface area contributed by atoms with Gasteiger partial charge in [0.15, 0.2) is 0 Å². The van der Waals surface area contributed by atoms with Crippen molar-refractivity contribution >= 4 is 10.0 Å². The number of sulfonamides is 1. The highest BCUT2D eigenvalue weighted by molar-refractivity contribution is 7.90. The van der Waals surface area contributed by atoms with E-state index >= 15 is 0 Å². The van der Waals surface area contributed by atoms with Crippen molar-refractivity contribution in [2.24, 2.45) is 9.74 Å². The molecular formula is C9H13N3O2S. The Kier molecular flexibility index (Phi) is 3.41. The Labute approximate surface area is 89.5 Å². The van der Waals surface area contributed by atoms with Crippen LogP contribution in [0.4, 0.5) is 0 Å². The lowest BCUT2D eigenvalue weighted by atomic mass is 10.2. The molecule has 0 aliphatic rings. The van der Waals surface area contributed by atoms with Crippen LogP contribution in [0.5, 0.6) is 0 Å². The number of hydrogen-bond acceptors (Lipinski definition) is 3. The van der Waals surface area contributed by atoms with Crippen LogP contribution in [0.1, 0.15) is 5.56 Å². The molecule has 0 N–H and O–H groups in total. The van der Waals surface area contributed by atoms with E-state index in [0.717, 1.165) is 5.56 Å². The van der Waals surface area contributed by atoms with Crippen LogP contribution >= 0.6 is 0 Å². The highest BCUT2D eigenvalue weighted by atomic mass is 32.2. The summed E-state index contributed by atoms with van der Waals surface area (Å²) in [4.78, 5) is 0.152. The molecule has 5 nitrogen and oxygen atoms in total. The zero-order valence-electron chi connectivity index (χ0n) is 8.88. The number of rotatable bonds is 3. The number of hydrogen-bond donors (Lipinski definition) is 0. The monoisotopic (exact) mass is 227 g/mol. The first-order chi connectivity index (χ1) is 6.92. The SMILES string of the molecule is Cc1ccc(S(=O)(=O)/N=N/N(C)C)cc1.